The van der Waals surface area contributed by atoms with Crippen molar-refractivity contribution in [3.8, 4) is 0 Å². The summed E-state index contributed by atoms with van der Waals surface area (Å²) >= 11 is 0. The van der Waals surface area contributed by atoms with Gasteiger partial charge in [-0.25, -0.2) is 0 Å². The van der Waals surface area contributed by atoms with Crippen LogP contribution >= 0.6 is 0 Å². The summed E-state index contributed by atoms with van der Waals surface area (Å²) in [6.45, 7) is 2.29. The van der Waals surface area contributed by atoms with Gasteiger partial charge in [-0.3, -0.25) is 0 Å². The van der Waals surface area contributed by atoms with Crippen molar-refractivity contribution >= 4 is 12.2 Å². The molecule has 0 heterocycles. The Balaban J connectivity index is 1.49. The fraction of sp³-hybridized carbons (Fsp3) is 0.500. The van der Waals surface area contributed by atoms with Crippen molar-refractivity contribution in [1.82, 2.24) is 0 Å². The Kier molecular flexibility index (Phi) is 15.1. The molecule has 0 atom stereocenters. The highest BCUT2D eigenvalue weighted by Crippen LogP contribution is 2.17. The summed E-state index contributed by atoms with van der Waals surface area (Å²) in [6.07, 6.45) is 29.7. The summed E-state index contributed by atoms with van der Waals surface area (Å²) in [7, 11) is 0. The van der Waals surface area contributed by atoms with Crippen molar-refractivity contribution in [2.24, 2.45) is 0 Å². The van der Waals surface area contributed by atoms with E-state index in [1.807, 2.05) is 0 Å². The summed E-state index contributed by atoms with van der Waals surface area (Å²) in [6, 6.07) is 19.4. The Morgan fingerprint density at radius 2 is 1.09 bits per heavy atom. The molecule has 0 aliphatic rings. The van der Waals surface area contributed by atoms with E-state index in [2.05, 4.69) is 85.8 Å². The number of allylic oxidation sites excluding steroid dienone is 2. The largest absolute Gasteiger partial charge is 0.0885 e. The molecule has 0 saturated heterocycles. The van der Waals surface area contributed by atoms with Crippen LogP contribution < -0.4 is 0 Å². The van der Waals surface area contributed by atoms with Crippen molar-refractivity contribution in [3.05, 3.63) is 83.4 Å². The van der Waals surface area contributed by atoms with Crippen molar-refractivity contribution < 1.29 is 0 Å². The molecule has 0 N–H and O–H groups in total. The highest BCUT2D eigenvalue weighted by molar-refractivity contribution is 5.71. The summed E-state index contributed by atoms with van der Waals surface area (Å²) in [4.78, 5) is 0. The van der Waals surface area contributed by atoms with Crippen LogP contribution in [0, 0.1) is 0 Å². The molecule has 2 aromatic carbocycles. The molecule has 0 aliphatic carbocycles. The molecule has 2 aromatic rings. The standard InChI is InChI=1S/C32H46/c1-2-3-4-5-6-7-8-9-10-11-12-13-14-15-16-20-25-31-26-21-22-27-32(31)29-28-30-23-18-17-19-24-30/h9-10,17-19,21-24,26-29H,2-8,11-16,20,25H2,1H3. The van der Waals surface area contributed by atoms with Gasteiger partial charge in [-0.1, -0.05) is 144 Å². The monoisotopic (exact) mass is 430 g/mol. The maximum atomic E-state index is 2.42. The molecule has 0 nitrogen and oxygen atoms in total. The van der Waals surface area contributed by atoms with Crippen molar-refractivity contribution in [1.29, 1.82) is 0 Å². The number of hydrogen-bond acceptors (Lipinski definition) is 0. The summed E-state index contributed by atoms with van der Waals surface area (Å²) in [5.74, 6) is 0. The van der Waals surface area contributed by atoms with Gasteiger partial charge >= 0.3 is 0 Å². The predicted octanol–water partition coefficient (Wildman–Crippen LogP) is 10.4. The van der Waals surface area contributed by atoms with Crippen LogP contribution in [0.25, 0.3) is 12.2 Å². The number of benzene rings is 2. The molecule has 0 radical (unpaired) electrons. The highest BCUT2D eigenvalue weighted by Gasteiger charge is 1.99. The molecule has 32 heavy (non-hydrogen) atoms. The van der Waals surface area contributed by atoms with Gasteiger partial charge in [0.1, 0.15) is 0 Å². The molecule has 0 unspecified atom stereocenters. The van der Waals surface area contributed by atoms with Crippen LogP contribution in [0.2, 0.25) is 0 Å². The minimum Gasteiger partial charge on any atom is -0.0885 e. The lowest BCUT2D eigenvalue weighted by Gasteiger charge is -2.06. The smallest absolute Gasteiger partial charge is 0.0224 e. The van der Waals surface area contributed by atoms with Gasteiger partial charge in [-0.05, 0) is 55.2 Å². The number of aryl methyl sites for hydroxylation is 1. The zero-order chi connectivity index (χ0) is 22.5. The second kappa shape index (κ2) is 18.5. The number of rotatable bonds is 18. The molecule has 2 rings (SSSR count). The molecule has 0 aromatic heterocycles. The molecule has 0 heteroatoms. The molecular formula is C32H46. The highest BCUT2D eigenvalue weighted by atomic mass is 14.0. The lowest BCUT2D eigenvalue weighted by Crippen LogP contribution is -1.90. The Labute approximate surface area is 198 Å². The molecular weight excluding hydrogens is 384 g/mol. The summed E-state index contributed by atoms with van der Waals surface area (Å²) in [5, 5.41) is 0. The maximum absolute atomic E-state index is 2.42. The van der Waals surface area contributed by atoms with E-state index in [-0.39, 0.29) is 0 Å². The van der Waals surface area contributed by atoms with Crippen LogP contribution in [0.3, 0.4) is 0 Å². The number of unbranched alkanes of at least 4 members (excludes halogenated alkanes) is 12. The second-order valence-corrected chi connectivity index (χ2v) is 9.13. The fourth-order valence-corrected chi connectivity index (χ4v) is 4.24. The van der Waals surface area contributed by atoms with Gasteiger partial charge in [0.15, 0.2) is 0 Å². The average molecular weight is 431 g/mol. The lowest BCUT2D eigenvalue weighted by atomic mass is 9.99. The van der Waals surface area contributed by atoms with Crippen LogP contribution in [-0.2, 0) is 6.42 Å². The third kappa shape index (κ3) is 12.7. The zero-order valence-electron chi connectivity index (χ0n) is 20.6. The van der Waals surface area contributed by atoms with Crippen molar-refractivity contribution in [2.45, 2.75) is 103 Å². The SMILES string of the molecule is CCCCCCCCC=CCCCCCCCCc1ccccc1C=Cc1ccccc1. The van der Waals surface area contributed by atoms with Crippen LogP contribution in [-0.4, -0.2) is 0 Å². The van der Waals surface area contributed by atoms with Gasteiger partial charge in [-0.2, -0.15) is 0 Å². The van der Waals surface area contributed by atoms with Crippen LogP contribution in [0.5, 0.6) is 0 Å². The van der Waals surface area contributed by atoms with Crippen LogP contribution in [0.1, 0.15) is 114 Å². The molecule has 0 amide bonds. The first kappa shape index (κ1) is 26.2. The van der Waals surface area contributed by atoms with Crippen molar-refractivity contribution in [3.63, 3.8) is 0 Å². The van der Waals surface area contributed by atoms with Gasteiger partial charge < -0.3 is 0 Å². The van der Waals surface area contributed by atoms with Crippen LogP contribution in [0.15, 0.2) is 66.7 Å². The Hall–Kier alpha value is -2.08. The summed E-state index contributed by atoms with van der Waals surface area (Å²) < 4.78 is 0. The maximum Gasteiger partial charge on any atom is -0.0224 e. The molecule has 0 bridgehead atoms. The summed E-state index contributed by atoms with van der Waals surface area (Å²) in [5.41, 5.74) is 4.11. The van der Waals surface area contributed by atoms with E-state index < -0.39 is 0 Å². The minimum atomic E-state index is 1.19. The van der Waals surface area contributed by atoms with Crippen molar-refractivity contribution in [2.75, 3.05) is 0 Å². The van der Waals surface area contributed by atoms with E-state index >= 15 is 0 Å². The topological polar surface area (TPSA) is 0 Å². The minimum absolute atomic E-state index is 1.19. The third-order valence-electron chi connectivity index (χ3n) is 6.27. The van der Waals surface area contributed by atoms with E-state index in [4.69, 9.17) is 0 Å². The first-order chi connectivity index (χ1) is 15.9. The second-order valence-electron chi connectivity index (χ2n) is 9.13. The Morgan fingerprint density at radius 1 is 0.531 bits per heavy atom. The van der Waals surface area contributed by atoms with E-state index in [1.165, 1.54) is 113 Å². The van der Waals surface area contributed by atoms with E-state index in [1.54, 1.807) is 0 Å². The first-order valence-electron chi connectivity index (χ1n) is 13.4. The van der Waals surface area contributed by atoms with Crippen LogP contribution in [0.4, 0.5) is 0 Å². The Morgan fingerprint density at radius 3 is 1.78 bits per heavy atom. The quantitative estimate of drug-likeness (QED) is 0.125. The third-order valence-corrected chi connectivity index (χ3v) is 6.27. The normalized spacial score (nSPS) is 11.7. The zero-order valence-corrected chi connectivity index (χ0v) is 20.6. The molecule has 0 fully saturated rings. The first-order valence-corrected chi connectivity index (χ1v) is 13.4. The van der Waals surface area contributed by atoms with E-state index in [9.17, 15) is 0 Å². The number of hydrogen-bond donors (Lipinski definition) is 0. The van der Waals surface area contributed by atoms with Gasteiger partial charge in [0.05, 0.1) is 0 Å². The predicted molar refractivity (Wildman–Crippen MR) is 145 cm³/mol. The van der Waals surface area contributed by atoms with E-state index in [0.717, 1.165) is 0 Å². The van der Waals surface area contributed by atoms with Gasteiger partial charge in [-0.15, -0.1) is 0 Å². The lowest BCUT2D eigenvalue weighted by molar-refractivity contribution is 0.595. The molecule has 174 valence electrons. The van der Waals surface area contributed by atoms with Gasteiger partial charge in [0.2, 0.25) is 0 Å². The molecule has 0 spiro atoms. The molecule has 0 saturated carbocycles. The fourth-order valence-electron chi connectivity index (χ4n) is 4.24. The average Bonchev–Trinajstić information content (AvgIpc) is 2.83. The van der Waals surface area contributed by atoms with Gasteiger partial charge in [0, 0.05) is 0 Å². The molecule has 0 aliphatic heterocycles. The van der Waals surface area contributed by atoms with Gasteiger partial charge in [0.25, 0.3) is 0 Å². The Bertz CT molecular complexity index is 738. The van der Waals surface area contributed by atoms with E-state index in [0.29, 0.717) is 0 Å².